The molecule has 0 amide bonds. The van der Waals surface area contributed by atoms with Crippen LogP contribution in [0.25, 0.3) is 0 Å². The second kappa shape index (κ2) is 6.30. The number of rotatable bonds is 3. The molecule has 4 atom stereocenters. The van der Waals surface area contributed by atoms with Gasteiger partial charge >= 0.3 is 0 Å². The van der Waals surface area contributed by atoms with Gasteiger partial charge in [0.15, 0.2) is 0 Å². The molecule has 1 N–H and O–H groups in total. The Kier molecular flexibility index (Phi) is 4.90. The van der Waals surface area contributed by atoms with Gasteiger partial charge < -0.3 is 5.32 Å². The number of hydrogen-bond acceptors (Lipinski definition) is 1. The molecule has 1 aliphatic carbocycles. The summed E-state index contributed by atoms with van der Waals surface area (Å²) >= 11 is 0. The van der Waals surface area contributed by atoms with E-state index in [-0.39, 0.29) is 5.41 Å². The topological polar surface area (TPSA) is 12.0 Å². The third-order valence-corrected chi connectivity index (χ3v) is 4.84. The van der Waals surface area contributed by atoms with Crippen molar-refractivity contribution in [2.45, 2.75) is 66.0 Å². The molecule has 1 aliphatic rings. The summed E-state index contributed by atoms with van der Waals surface area (Å²) in [5.74, 6) is 1.65. The minimum absolute atomic E-state index is 0.238. The van der Waals surface area contributed by atoms with Crippen LogP contribution < -0.4 is 5.32 Å². The first-order chi connectivity index (χ1) is 9.38. The second-order valence-electron chi connectivity index (χ2n) is 7.88. The van der Waals surface area contributed by atoms with Crippen molar-refractivity contribution in [1.29, 1.82) is 0 Å². The van der Waals surface area contributed by atoms with Crippen LogP contribution in [0, 0.1) is 17.3 Å². The highest BCUT2D eigenvalue weighted by atomic mass is 15.0. The lowest BCUT2D eigenvalue weighted by molar-refractivity contribution is 0.169. The molecule has 0 bridgehead atoms. The first kappa shape index (κ1) is 15.6. The summed E-state index contributed by atoms with van der Waals surface area (Å²) in [6, 6.07) is 12.0. The van der Waals surface area contributed by atoms with Gasteiger partial charge in [0.25, 0.3) is 0 Å². The fourth-order valence-electron chi connectivity index (χ4n) is 3.47. The van der Waals surface area contributed by atoms with Gasteiger partial charge in [-0.2, -0.15) is 0 Å². The lowest BCUT2D eigenvalue weighted by Crippen LogP contribution is -2.45. The van der Waals surface area contributed by atoms with Gasteiger partial charge in [-0.3, -0.25) is 0 Å². The standard InChI is InChI=1S/C19H31N/c1-14-11-12-15(2)17(13-14)20-18(19(3,4)5)16-9-7-6-8-10-16/h6-10,14-15,17-18,20H,11-13H2,1-5H3. The highest BCUT2D eigenvalue weighted by molar-refractivity contribution is 5.21. The van der Waals surface area contributed by atoms with Gasteiger partial charge in [0.05, 0.1) is 0 Å². The third kappa shape index (κ3) is 3.85. The van der Waals surface area contributed by atoms with Gasteiger partial charge in [-0.05, 0) is 35.7 Å². The van der Waals surface area contributed by atoms with E-state index in [1.807, 2.05) is 0 Å². The molecule has 0 radical (unpaired) electrons. The van der Waals surface area contributed by atoms with Crippen molar-refractivity contribution in [2.24, 2.45) is 17.3 Å². The molecular formula is C19H31N. The molecule has 0 heterocycles. The molecule has 1 heteroatoms. The summed E-state index contributed by atoms with van der Waals surface area (Å²) in [5.41, 5.74) is 1.66. The minimum Gasteiger partial charge on any atom is -0.306 e. The lowest BCUT2D eigenvalue weighted by atomic mass is 9.77. The van der Waals surface area contributed by atoms with E-state index in [1.54, 1.807) is 0 Å². The summed E-state index contributed by atoms with van der Waals surface area (Å²) < 4.78 is 0. The Bertz CT molecular complexity index is 404. The van der Waals surface area contributed by atoms with E-state index >= 15 is 0 Å². The Morgan fingerprint density at radius 3 is 2.30 bits per heavy atom. The molecule has 0 spiro atoms. The molecule has 0 saturated heterocycles. The van der Waals surface area contributed by atoms with Crippen LogP contribution in [0.4, 0.5) is 0 Å². The SMILES string of the molecule is CC1CCC(C)C(NC(c2ccccc2)C(C)(C)C)C1. The lowest BCUT2D eigenvalue weighted by Gasteiger charge is -2.40. The predicted octanol–water partition coefficient (Wildman–Crippen LogP) is 5.19. The monoisotopic (exact) mass is 273 g/mol. The first-order valence-electron chi connectivity index (χ1n) is 8.19. The van der Waals surface area contributed by atoms with E-state index in [4.69, 9.17) is 0 Å². The molecule has 20 heavy (non-hydrogen) atoms. The maximum absolute atomic E-state index is 3.99. The zero-order chi connectivity index (χ0) is 14.8. The van der Waals surface area contributed by atoms with Crippen LogP contribution >= 0.6 is 0 Å². The van der Waals surface area contributed by atoms with Crippen LogP contribution in [-0.4, -0.2) is 6.04 Å². The Morgan fingerprint density at radius 2 is 1.70 bits per heavy atom. The van der Waals surface area contributed by atoms with Gasteiger partial charge in [-0.15, -0.1) is 0 Å². The Morgan fingerprint density at radius 1 is 1.05 bits per heavy atom. The molecule has 1 aromatic carbocycles. The van der Waals surface area contributed by atoms with Crippen LogP contribution in [0.2, 0.25) is 0 Å². The normalized spacial score (nSPS) is 29.1. The van der Waals surface area contributed by atoms with E-state index in [0.717, 1.165) is 11.8 Å². The van der Waals surface area contributed by atoms with E-state index < -0.39 is 0 Å². The van der Waals surface area contributed by atoms with E-state index in [1.165, 1.54) is 24.8 Å². The quantitative estimate of drug-likeness (QED) is 0.799. The highest BCUT2D eigenvalue weighted by Gasteiger charge is 2.32. The molecular weight excluding hydrogens is 242 g/mol. The summed E-state index contributed by atoms with van der Waals surface area (Å²) in [4.78, 5) is 0. The van der Waals surface area contributed by atoms with Crippen molar-refractivity contribution in [3.8, 4) is 0 Å². The van der Waals surface area contributed by atoms with Crippen molar-refractivity contribution in [3.63, 3.8) is 0 Å². The van der Waals surface area contributed by atoms with Gasteiger partial charge in [0.2, 0.25) is 0 Å². The van der Waals surface area contributed by atoms with Crippen LogP contribution in [0.3, 0.4) is 0 Å². The van der Waals surface area contributed by atoms with Gasteiger partial charge in [0, 0.05) is 12.1 Å². The number of hydrogen-bond donors (Lipinski definition) is 1. The first-order valence-corrected chi connectivity index (χ1v) is 8.19. The molecule has 1 aromatic rings. The van der Waals surface area contributed by atoms with Crippen molar-refractivity contribution >= 4 is 0 Å². The smallest absolute Gasteiger partial charge is 0.0371 e. The third-order valence-electron chi connectivity index (χ3n) is 4.84. The maximum atomic E-state index is 3.99. The molecule has 4 unspecified atom stereocenters. The van der Waals surface area contributed by atoms with E-state index in [2.05, 4.69) is 70.3 Å². The summed E-state index contributed by atoms with van der Waals surface area (Å²) in [6.45, 7) is 11.8. The fraction of sp³-hybridized carbons (Fsp3) is 0.684. The van der Waals surface area contributed by atoms with Crippen LogP contribution in [-0.2, 0) is 0 Å². The van der Waals surface area contributed by atoms with Crippen molar-refractivity contribution in [1.82, 2.24) is 5.32 Å². The van der Waals surface area contributed by atoms with Crippen molar-refractivity contribution in [2.75, 3.05) is 0 Å². The molecule has 1 nitrogen and oxygen atoms in total. The molecule has 112 valence electrons. The second-order valence-corrected chi connectivity index (χ2v) is 7.88. The average molecular weight is 273 g/mol. The van der Waals surface area contributed by atoms with Gasteiger partial charge in [-0.1, -0.05) is 71.4 Å². The summed E-state index contributed by atoms with van der Waals surface area (Å²) in [5, 5.41) is 3.99. The zero-order valence-electron chi connectivity index (χ0n) is 13.8. The Labute approximate surface area is 125 Å². The molecule has 0 aliphatic heterocycles. The van der Waals surface area contributed by atoms with Gasteiger partial charge in [0.1, 0.15) is 0 Å². The highest BCUT2D eigenvalue weighted by Crippen LogP contribution is 2.36. The number of nitrogens with one attached hydrogen (secondary N) is 1. The van der Waals surface area contributed by atoms with Gasteiger partial charge in [-0.25, -0.2) is 0 Å². The summed E-state index contributed by atoms with van der Waals surface area (Å²) in [6.07, 6.45) is 4.08. The Balaban J connectivity index is 2.16. The van der Waals surface area contributed by atoms with E-state index in [0.29, 0.717) is 12.1 Å². The van der Waals surface area contributed by atoms with E-state index in [9.17, 15) is 0 Å². The molecule has 2 rings (SSSR count). The molecule has 1 fully saturated rings. The largest absolute Gasteiger partial charge is 0.306 e. The molecule has 1 saturated carbocycles. The maximum Gasteiger partial charge on any atom is 0.0371 e. The summed E-state index contributed by atoms with van der Waals surface area (Å²) in [7, 11) is 0. The average Bonchev–Trinajstić information content (AvgIpc) is 2.39. The molecule has 0 aromatic heterocycles. The van der Waals surface area contributed by atoms with Crippen molar-refractivity contribution < 1.29 is 0 Å². The van der Waals surface area contributed by atoms with Crippen LogP contribution in [0.1, 0.15) is 65.5 Å². The Hall–Kier alpha value is -0.820. The number of benzene rings is 1. The predicted molar refractivity (Wildman–Crippen MR) is 87.7 cm³/mol. The zero-order valence-corrected chi connectivity index (χ0v) is 13.8. The van der Waals surface area contributed by atoms with Crippen molar-refractivity contribution in [3.05, 3.63) is 35.9 Å². The van der Waals surface area contributed by atoms with Crippen LogP contribution in [0.5, 0.6) is 0 Å². The minimum atomic E-state index is 0.238. The van der Waals surface area contributed by atoms with Crippen LogP contribution in [0.15, 0.2) is 30.3 Å². The fourth-order valence-corrected chi connectivity index (χ4v) is 3.47.